The molecule has 0 aliphatic heterocycles. The van der Waals surface area contributed by atoms with Crippen LogP contribution in [0.15, 0.2) is 85.2 Å². The molecule has 0 bridgehead atoms. The normalized spacial score (nSPS) is 12.1. The van der Waals surface area contributed by atoms with Crippen molar-refractivity contribution in [3.05, 3.63) is 96.6 Å². The largest absolute Gasteiger partial charge is 0.257 e. The highest BCUT2D eigenvalue weighted by Gasteiger charge is 1.97. The fourth-order valence-electron chi connectivity index (χ4n) is 1.83. The Balaban J connectivity index is 2.21. The number of nitrogens with zero attached hydrogens (tertiary/aromatic N) is 2. The third-order valence-corrected chi connectivity index (χ3v) is 2.83. The molecule has 0 fully saturated rings. The molecule has 2 heterocycles. The van der Waals surface area contributed by atoms with Crippen LogP contribution in [0.2, 0.25) is 0 Å². The third kappa shape index (κ3) is 4.69. The van der Waals surface area contributed by atoms with Crippen LogP contribution in [0, 0.1) is 0 Å². The lowest BCUT2D eigenvalue weighted by molar-refractivity contribution is 1.28. The molecular weight excluding hydrogens is 256 g/mol. The second kappa shape index (κ2) is 7.75. The summed E-state index contributed by atoms with van der Waals surface area (Å²) in [6, 6.07) is 11.7. The lowest BCUT2D eigenvalue weighted by Gasteiger charge is -2.01. The highest BCUT2D eigenvalue weighted by Crippen LogP contribution is 2.15. The summed E-state index contributed by atoms with van der Waals surface area (Å²) in [5.41, 5.74) is 3.75. The molecule has 2 nitrogen and oxygen atoms in total. The van der Waals surface area contributed by atoms with Crippen LogP contribution < -0.4 is 0 Å². The topological polar surface area (TPSA) is 25.8 Å². The molecule has 0 saturated carbocycles. The van der Waals surface area contributed by atoms with E-state index in [0.717, 1.165) is 22.5 Å². The van der Waals surface area contributed by atoms with Crippen molar-refractivity contribution in [3.63, 3.8) is 0 Å². The first kappa shape index (κ1) is 14.7. The van der Waals surface area contributed by atoms with Gasteiger partial charge in [0.1, 0.15) is 0 Å². The monoisotopic (exact) mass is 274 g/mol. The second-order valence-corrected chi connectivity index (χ2v) is 4.47. The minimum absolute atomic E-state index is 0.880. The van der Waals surface area contributed by atoms with Crippen molar-refractivity contribution in [2.24, 2.45) is 0 Å². The number of pyridine rings is 2. The number of hydrogen-bond donors (Lipinski definition) is 0. The zero-order valence-corrected chi connectivity index (χ0v) is 12.1. The second-order valence-electron chi connectivity index (χ2n) is 4.47. The van der Waals surface area contributed by atoms with Gasteiger partial charge < -0.3 is 0 Å². The van der Waals surface area contributed by atoms with Crippen molar-refractivity contribution in [2.75, 3.05) is 0 Å². The summed E-state index contributed by atoms with van der Waals surface area (Å²) in [6.07, 6.45) is 13.6. The molecule has 0 atom stereocenters. The lowest BCUT2D eigenvalue weighted by atomic mass is 10.1. The summed E-state index contributed by atoms with van der Waals surface area (Å²) in [6.45, 7) is 6.07. The summed E-state index contributed by atoms with van der Waals surface area (Å²) in [7, 11) is 0. The first-order chi connectivity index (χ1) is 10.3. The van der Waals surface area contributed by atoms with Crippen molar-refractivity contribution < 1.29 is 0 Å². The summed E-state index contributed by atoms with van der Waals surface area (Å²) in [5.74, 6) is 0. The van der Waals surface area contributed by atoms with Gasteiger partial charge in [-0.05, 0) is 54.5 Å². The number of aromatic nitrogens is 2. The van der Waals surface area contributed by atoms with E-state index in [1.807, 2.05) is 73.7 Å². The zero-order chi connectivity index (χ0) is 14.9. The maximum absolute atomic E-state index is 4.31. The molecule has 0 aliphatic carbocycles. The Labute approximate surface area is 125 Å². The van der Waals surface area contributed by atoms with E-state index in [2.05, 4.69) is 16.5 Å². The number of allylic oxidation sites excluding steroid dienone is 6. The van der Waals surface area contributed by atoms with Gasteiger partial charge in [0.15, 0.2) is 0 Å². The Hall–Kier alpha value is -2.74. The van der Waals surface area contributed by atoms with Gasteiger partial charge in [-0.15, -0.1) is 0 Å². The van der Waals surface area contributed by atoms with Crippen molar-refractivity contribution in [1.29, 1.82) is 0 Å². The third-order valence-electron chi connectivity index (χ3n) is 2.83. The van der Waals surface area contributed by atoms with Crippen LogP contribution in [-0.4, -0.2) is 9.97 Å². The molecule has 2 aromatic heterocycles. The smallest absolute Gasteiger partial charge is 0.0696 e. The average molecular weight is 274 g/mol. The van der Waals surface area contributed by atoms with Crippen molar-refractivity contribution in [2.45, 2.75) is 6.92 Å². The van der Waals surface area contributed by atoms with Crippen molar-refractivity contribution >= 4 is 11.6 Å². The molecule has 0 radical (unpaired) electrons. The van der Waals surface area contributed by atoms with E-state index < -0.39 is 0 Å². The zero-order valence-electron chi connectivity index (χ0n) is 12.1. The quantitative estimate of drug-likeness (QED) is 0.738. The van der Waals surface area contributed by atoms with Gasteiger partial charge in [-0.2, -0.15) is 0 Å². The number of hydrogen-bond acceptors (Lipinski definition) is 2. The molecule has 0 unspecified atom stereocenters. The Bertz CT molecular complexity index is 665. The molecule has 2 aromatic rings. The van der Waals surface area contributed by atoms with E-state index in [1.54, 1.807) is 12.4 Å². The maximum Gasteiger partial charge on any atom is 0.0696 e. The summed E-state index contributed by atoms with van der Waals surface area (Å²) in [4.78, 5) is 8.58. The summed E-state index contributed by atoms with van der Waals surface area (Å²) < 4.78 is 0. The van der Waals surface area contributed by atoms with E-state index in [9.17, 15) is 0 Å². The molecule has 0 amide bonds. The summed E-state index contributed by atoms with van der Waals surface area (Å²) >= 11 is 0. The van der Waals surface area contributed by atoms with E-state index in [4.69, 9.17) is 0 Å². The van der Waals surface area contributed by atoms with E-state index >= 15 is 0 Å². The first-order valence-electron chi connectivity index (χ1n) is 6.83. The van der Waals surface area contributed by atoms with Crippen LogP contribution in [0.3, 0.4) is 0 Å². The van der Waals surface area contributed by atoms with Gasteiger partial charge in [0.05, 0.1) is 11.4 Å². The fourth-order valence-corrected chi connectivity index (χ4v) is 1.83. The molecule has 2 heteroatoms. The molecule has 0 aromatic carbocycles. The van der Waals surface area contributed by atoms with E-state index in [0.29, 0.717) is 0 Å². The molecule has 0 spiro atoms. The molecule has 0 N–H and O–H groups in total. The first-order valence-corrected chi connectivity index (χ1v) is 6.83. The van der Waals surface area contributed by atoms with Gasteiger partial charge >= 0.3 is 0 Å². The molecular formula is C19H18N2. The van der Waals surface area contributed by atoms with Gasteiger partial charge in [0, 0.05) is 12.4 Å². The van der Waals surface area contributed by atoms with Crippen LogP contribution in [0.4, 0.5) is 0 Å². The van der Waals surface area contributed by atoms with Crippen LogP contribution in [0.5, 0.6) is 0 Å². The molecule has 0 saturated heterocycles. The summed E-state index contributed by atoms with van der Waals surface area (Å²) in [5, 5.41) is 0. The Morgan fingerprint density at radius 2 is 1.76 bits per heavy atom. The maximum atomic E-state index is 4.31. The lowest BCUT2D eigenvalue weighted by Crippen LogP contribution is -1.85. The molecule has 21 heavy (non-hydrogen) atoms. The highest BCUT2D eigenvalue weighted by atomic mass is 14.7. The van der Waals surface area contributed by atoms with E-state index in [1.165, 1.54) is 0 Å². The van der Waals surface area contributed by atoms with Gasteiger partial charge in [-0.3, -0.25) is 9.97 Å². The van der Waals surface area contributed by atoms with Crippen LogP contribution in [-0.2, 0) is 0 Å². The highest BCUT2D eigenvalue weighted by molar-refractivity contribution is 5.72. The molecule has 0 aliphatic rings. The average Bonchev–Trinajstić information content (AvgIpc) is 2.54. The Kier molecular flexibility index (Phi) is 5.41. The predicted octanol–water partition coefficient (Wildman–Crippen LogP) is 4.71. The van der Waals surface area contributed by atoms with Gasteiger partial charge in [0.2, 0.25) is 0 Å². The van der Waals surface area contributed by atoms with Crippen LogP contribution in [0.25, 0.3) is 11.6 Å². The van der Waals surface area contributed by atoms with Crippen molar-refractivity contribution in [1.82, 2.24) is 9.97 Å². The Morgan fingerprint density at radius 1 is 1.00 bits per heavy atom. The van der Waals surface area contributed by atoms with E-state index in [-0.39, 0.29) is 0 Å². The minimum atomic E-state index is 0.880. The van der Waals surface area contributed by atoms with Crippen LogP contribution in [0.1, 0.15) is 18.3 Å². The predicted molar refractivity (Wildman–Crippen MR) is 89.4 cm³/mol. The van der Waals surface area contributed by atoms with Crippen LogP contribution >= 0.6 is 0 Å². The molecule has 104 valence electrons. The van der Waals surface area contributed by atoms with Gasteiger partial charge in [0.25, 0.3) is 0 Å². The SMILES string of the molecule is C=C(/C=C(\C=C/C)/C=C/c1ccccn1)c1ccccn1. The fraction of sp³-hybridized carbons (Fsp3) is 0.0526. The van der Waals surface area contributed by atoms with Gasteiger partial charge in [-0.1, -0.05) is 36.9 Å². The minimum Gasteiger partial charge on any atom is -0.257 e. The number of rotatable bonds is 5. The Morgan fingerprint density at radius 3 is 2.38 bits per heavy atom. The van der Waals surface area contributed by atoms with Crippen molar-refractivity contribution in [3.8, 4) is 0 Å². The van der Waals surface area contributed by atoms with Gasteiger partial charge in [-0.25, -0.2) is 0 Å². The standard InChI is InChI=1S/C19H18N2/c1-3-8-17(11-12-18-9-4-6-13-20-18)15-16(2)19-10-5-7-14-21-19/h3-15H,2H2,1H3/b8-3-,12-11+,17-15+. The molecule has 2 rings (SSSR count).